The van der Waals surface area contributed by atoms with Crippen LogP contribution < -0.4 is 10.6 Å². The third-order valence-corrected chi connectivity index (χ3v) is 2.79. The molecule has 14 heavy (non-hydrogen) atoms. The highest BCUT2D eigenvalue weighted by atomic mass is 15.1. The van der Waals surface area contributed by atoms with E-state index in [4.69, 9.17) is 5.73 Å². The molecule has 2 N–H and O–H groups in total. The molecular weight excluding hydrogens is 174 g/mol. The van der Waals surface area contributed by atoms with E-state index in [1.54, 1.807) is 0 Å². The molecule has 1 aliphatic rings. The zero-order valence-electron chi connectivity index (χ0n) is 8.61. The molecule has 0 spiro atoms. The zero-order chi connectivity index (χ0) is 9.97. The highest BCUT2D eigenvalue weighted by Gasteiger charge is 2.16. The number of aromatic nitrogens is 1. The van der Waals surface area contributed by atoms with Gasteiger partial charge in [-0.05, 0) is 30.9 Å². The maximum Gasteiger partial charge on any atom is 0.123 e. The highest BCUT2D eigenvalue weighted by molar-refractivity contribution is 5.48. The maximum atomic E-state index is 5.55. The van der Waals surface area contributed by atoms with E-state index in [0.717, 1.165) is 19.0 Å². The average molecular weight is 191 g/mol. The molecule has 2 heterocycles. The Morgan fingerprint density at radius 1 is 1.50 bits per heavy atom. The van der Waals surface area contributed by atoms with Crippen LogP contribution in [0.5, 0.6) is 0 Å². The monoisotopic (exact) mass is 191 g/mol. The summed E-state index contributed by atoms with van der Waals surface area (Å²) in [7, 11) is 0. The number of nitrogen functional groups attached to an aromatic ring is 1. The van der Waals surface area contributed by atoms with Crippen LogP contribution in [0.1, 0.15) is 19.8 Å². The molecule has 1 unspecified atom stereocenters. The van der Waals surface area contributed by atoms with Crippen LogP contribution in [0.25, 0.3) is 0 Å². The Hall–Kier alpha value is -1.25. The second-order valence-electron chi connectivity index (χ2n) is 4.13. The first-order chi connectivity index (χ1) is 6.75. The van der Waals surface area contributed by atoms with E-state index in [9.17, 15) is 0 Å². The molecule has 0 bridgehead atoms. The normalized spacial score (nSPS) is 22.4. The molecule has 1 aliphatic heterocycles. The summed E-state index contributed by atoms with van der Waals surface area (Å²) in [6.45, 7) is 4.60. The number of hydrogen-bond acceptors (Lipinski definition) is 3. The van der Waals surface area contributed by atoms with Gasteiger partial charge in [0.05, 0.1) is 11.9 Å². The first kappa shape index (κ1) is 9.31. The molecule has 76 valence electrons. The molecule has 1 aromatic rings. The van der Waals surface area contributed by atoms with E-state index >= 15 is 0 Å². The van der Waals surface area contributed by atoms with Crippen molar-refractivity contribution < 1.29 is 0 Å². The van der Waals surface area contributed by atoms with Gasteiger partial charge in [-0.1, -0.05) is 6.92 Å². The molecule has 1 saturated heterocycles. The Morgan fingerprint density at radius 2 is 2.36 bits per heavy atom. The van der Waals surface area contributed by atoms with Gasteiger partial charge < -0.3 is 10.6 Å². The van der Waals surface area contributed by atoms with Gasteiger partial charge in [-0.3, -0.25) is 0 Å². The number of nitrogens with two attached hydrogens (primary N) is 1. The van der Waals surface area contributed by atoms with Gasteiger partial charge in [-0.15, -0.1) is 0 Å². The molecule has 3 heteroatoms. The fraction of sp³-hybridized carbons (Fsp3) is 0.545. The molecule has 1 fully saturated rings. The predicted molar refractivity (Wildman–Crippen MR) is 59.3 cm³/mol. The fourth-order valence-electron chi connectivity index (χ4n) is 2.01. The van der Waals surface area contributed by atoms with Crippen LogP contribution in [0.15, 0.2) is 18.3 Å². The number of hydrogen-bond donors (Lipinski definition) is 1. The Balaban J connectivity index is 2.10. The van der Waals surface area contributed by atoms with Gasteiger partial charge in [-0.2, -0.15) is 0 Å². The number of piperidine rings is 1. The van der Waals surface area contributed by atoms with E-state index in [2.05, 4.69) is 22.9 Å². The van der Waals surface area contributed by atoms with Crippen molar-refractivity contribution in [2.75, 3.05) is 23.7 Å². The van der Waals surface area contributed by atoms with Crippen LogP contribution in [0.4, 0.5) is 11.5 Å². The molecule has 0 amide bonds. The average Bonchev–Trinajstić information content (AvgIpc) is 2.19. The largest absolute Gasteiger partial charge is 0.384 e. The molecule has 0 aliphatic carbocycles. The van der Waals surface area contributed by atoms with Crippen LogP contribution in [-0.4, -0.2) is 18.1 Å². The van der Waals surface area contributed by atoms with Gasteiger partial charge >= 0.3 is 0 Å². The highest BCUT2D eigenvalue weighted by Crippen LogP contribution is 2.22. The van der Waals surface area contributed by atoms with Gasteiger partial charge in [0.25, 0.3) is 0 Å². The minimum Gasteiger partial charge on any atom is -0.384 e. The van der Waals surface area contributed by atoms with Crippen molar-refractivity contribution in [3.63, 3.8) is 0 Å². The first-order valence-corrected chi connectivity index (χ1v) is 5.22. The third-order valence-electron chi connectivity index (χ3n) is 2.79. The van der Waals surface area contributed by atoms with Crippen LogP contribution in [0.2, 0.25) is 0 Å². The molecule has 0 radical (unpaired) electrons. The van der Waals surface area contributed by atoms with Crippen molar-refractivity contribution in [2.24, 2.45) is 5.92 Å². The molecule has 1 aromatic heterocycles. The predicted octanol–water partition coefficient (Wildman–Crippen LogP) is 1.90. The summed E-state index contributed by atoms with van der Waals surface area (Å²) in [6.07, 6.45) is 4.50. The summed E-state index contributed by atoms with van der Waals surface area (Å²) in [6, 6.07) is 3.93. The summed E-state index contributed by atoms with van der Waals surface area (Å²) in [4.78, 5) is 6.50. The lowest BCUT2D eigenvalue weighted by molar-refractivity contribution is 0.446. The summed E-state index contributed by atoms with van der Waals surface area (Å²) in [5.41, 5.74) is 6.75. The van der Waals surface area contributed by atoms with Crippen molar-refractivity contribution in [3.8, 4) is 0 Å². The van der Waals surface area contributed by atoms with Crippen molar-refractivity contribution >= 4 is 11.5 Å². The van der Waals surface area contributed by atoms with Crippen LogP contribution >= 0.6 is 0 Å². The molecule has 0 saturated carbocycles. The van der Waals surface area contributed by atoms with Crippen LogP contribution in [-0.2, 0) is 0 Å². The Morgan fingerprint density at radius 3 is 3.00 bits per heavy atom. The summed E-state index contributed by atoms with van der Waals surface area (Å²) in [5, 5.41) is 0. The number of nitrogens with zero attached hydrogens (tertiary/aromatic N) is 2. The van der Waals surface area contributed by atoms with Crippen molar-refractivity contribution in [2.45, 2.75) is 19.8 Å². The van der Waals surface area contributed by atoms with Gasteiger partial charge in [0.15, 0.2) is 0 Å². The van der Waals surface area contributed by atoms with E-state index in [1.165, 1.54) is 18.5 Å². The molecular formula is C11H17N3. The number of pyridine rings is 1. The standard InChI is InChI=1S/C11H17N3/c1-9-3-2-6-14(8-9)10-4-5-11(12)13-7-10/h4-5,7,9H,2-3,6,8H2,1H3,(H2,12,13). The second-order valence-corrected chi connectivity index (χ2v) is 4.13. The topological polar surface area (TPSA) is 42.1 Å². The smallest absolute Gasteiger partial charge is 0.123 e. The van der Waals surface area contributed by atoms with Gasteiger partial charge in [-0.25, -0.2) is 4.98 Å². The fourth-order valence-corrected chi connectivity index (χ4v) is 2.01. The van der Waals surface area contributed by atoms with E-state index in [1.807, 2.05) is 12.3 Å². The van der Waals surface area contributed by atoms with Crippen molar-refractivity contribution in [3.05, 3.63) is 18.3 Å². The minimum absolute atomic E-state index is 0.596. The number of anilines is 2. The van der Waals surface area contributed by atoms with Gasteiger partial charge in [0.1, 0.15) is 5.82 Å². The first-order valence-electron chi connectivity index (χ1n) is 5.22. The quantitative estimate of drug-likeness (QED) is 0.737. The molecule has 0 aromatic carbocycles. The van der Waals surface area contributed by atoms with Crippen molar-refractivity contribution in [1.29, 1.82) is 0 Å². The maximum absolute atomic E-state index is 5.55. The lowest BCUT2D eigenvalue weighted by Gasteiger charge is -2.32. The number of rotatable bonds is 1. The summed E-state index contributed by atoms with van der Waals surface area (Å²) >= 11 is 0. The van der Waals surface area contributed by atoms with Gasteiger partial charge in [0.2, 0.25) is 0 Å². The lowest BCUT2D eigenvalue weighted by Crippen LogP contribution is -2.34. The second kappa shape index (κ2) is 3.86. The zero-order valence-corrected chi connectivity index (χ0v) is 8.61. The SMILES string of the molecule is CC1CCCN(c2ccc(N)nc2)C1. The third kappa shape index (κ3) is 1.97. The van der Waals surface area contributed by atoms with E-state index < -0.39 is 0 Å². The van der Waals surface area contributed by atoms with Crippen molar-refractivity contribution in [1.82, 2.24) is 4.98 Å². The summed E-state index contributed by atoms with van der Waals surface area (Å²) < 4.78 is 0. The molecule has 1 atom stereocenters. The Kier molecular flexibility index (Phi) is 2.57. The van der Waals surface area contributed by atoms with E-state index in [0.29, 0.717) is 5.82 Å². The van der Waals surface area contributed by atoms with E-state index in [-0.39, 0.29) is 0 Å². The molecule has 2 rings (SSSR count). The minimum atomic E-state index is 0.596. The summed E-state index contributed by atoms with van der Waals surface area (Å²) in [5.74, 6) is 1.39. The Bertz CT molecular complexity index is 294. The van der Waals surface area contributed by atoms with Gasteiger partial charge in [0, 0.05) is 13.1 Å². The molecule has 3 nitrogen and oxygen atoms in total. The van der Waals surface area contributed by atoms with Crippen LogP contribution in [0, 0.1) is 5.92 Å². The Labute approximate surface area is 84.9 Å². The lowest BCUT2D eigenvalue weighted by atomic mass is 10.00. The van der Waals surface area contributed by atoms with Crippen LogP contribution in [0.3, 0.4) is 0 Å².